The summed E-state index contributed by atoms with van der Waals surface area (Å²) in [5.41, 5.74) is 0. The van der Waals surface area contributed by atoms with Crippen LogP contribution in [-0.4, -0.2) is 92.5 Å². The van der Waals surface area contributed by atoms with Crippen molar-refractivity contribution >= 4 is 0 Å². The number of fused-ring (bicyclic) bond motifs is 2. The number of hydrogen-bond acceptors (Lipinski definition) is 10. The van der Waals surface area contributed by atoms with Gasteiger partial charge >= 0.3 is 0 Å². The Kier molecular flexibility index (Phi) is 6.18. The van der Waals surface area contributed by atoms with Gasteiger partial charge < -0.3 is 47.4 Å². The van der Waals surface area contributed by atoms with Gasteiger partial charge in [0.15, 0.2) is 29.9 Å². The van der Waals surface area contributed by atoms with E-state index >= 15 is 0 Å². The summed E-state index contributed by atoms with van der Waals surface area (Å²) in [6, 6.07) is 0. The summed E-state index contributed by atoms with van der Waals surface area (Å²) in [5, 5.41) is 0. The lowest BCUT2D eigenvalue weighted by Gasteiger charge is -2.31. The van der Waals surface area contributed by atoms with Gasteiger partial charge in [0.2, 0.25) is 0 Å². The van der Waals surface area contributed by atoms with Crippen molar-refractivity contribution < 1.29 is 47.4 Å². The SMILES string of the molecule is C=CCO[C@H]1[C@H]2OC(C)(C)O[C@H]2O[C@@H]1CO[C@H]1[C@H]2OC(C)(C)O[C@H]2O[C@@H]1[C@H]1COC(C)(C)O1. The first-order valence-corrected chi connectivity index (χ1v) is 11.6. The molecule has 10 nitrogen and oxygen atoms in total. The molecule has 10 heteroatoms. The quantitative estimate of drug-likeness (QED) is 0.511. The summed E-state index contributed by atoms with van der Waals surface area (Å²) in [4.78, 5) is 0. The lowest BCUT2D eigenvalue weighted by Crippen LogP contribution is -2.46. The molecule has 5 fully saturated rings. The summed E-state index contributed by atoms with van der Waals surface area (Å²) in [7, 11) is 0. The van der Waals surface area contributed by atoms with Gasteiger partial charge in [-0.15, -0.1) is 6.58 Å². The first-order chi connectivity index (χ1) is 15.5. The Bertz CT molecular complexity index is 739. The predicted octanol–water partition coefficient (Wildman–Crippen LogP) is 1.85. The molecule has 5 aliphatic heterocycles. The van der Waals surface area contributed by atoms with Crippen molar-refractivity contribution in [2.24, 2.45) is 0 Å². The van der Waals surface area contributed by atoms with Gasteiger partial charge in [0.05, 0.1) is 19.8 Å². The van der Waals surface area contributed by atoms with Gasteiger partial charge in [0.25, 0.3) is 0 Å². The Morgan fingerprint density at radius 2 is 1.39 bits per heavy atom. The van der Waals surface area contributed by atoms with Crippen LogP contribution in [-0.2, 0) is 47.4 Å². The lowest BCUT2D eigenvalue weighted by atomic mass is 10.1. The van der Waals surface area contributed by atoms with Gasteiger partial charge in [-0.1, -0.05) is 6.08 Å². The van der Waals surface area contributed by atoms with Gasteiger partial charge in [-0.2, -0.15) is 0 Å². The molecule has 5 saturated heterocycles. The highest BCUT2D eigenvalue weighted by molar-refractivity contribution is 5.00. The van der Waals surface area contributed by atoms with Crippen LogP contribution in [0, 0.1) is 0 Å². The number of rotatable bonds is 7. The smallest absolute Gasteiger partial charge is 0.190 e. The predicted molar refractivity (Wildman–Crippen MR) is 112 cm³/mol. The molecular formula is C23H36O10. The van der Waals surface area contributed by atoms with Crippen molar-refractivity contribution in [1.29, 1.82) is 0 Å². The summed E-state index contributed by atoms with van der Waals surface area (Å²) in [6.45, 7) is 15.9. The first-order valence-electron chi connectivity index (χ1n) is 11.6. The van der Waals surface area contributed by atoms with Gasteiger partial charge in [0.1, 0.15) is 42.7 Å². The van der Waals surface area contributed by atoms with Crippen molar-refractivity contribution in [3.05, 3.63) is 12.7 Å². The Labute approximate surface area is 194 Å². The van der Waals surface area contributed by atoms with Crippen molar-refractivity contribution in [2.75, 3.05) is 19.8 Å². The van der Waals surface area contributed by atoms with E-state index in [9.17, 15) is 0 Å². The molecule has 0 aromatic heterocycles. The Morgan fingerprint density at radius 3 is 2.00 bits per heavy atom. The molecule has 0 unspecified atom stereocenters. The zero-order valence-electron chi connectivity index (χ0n) is 20.2. The van der Waals surface area contributed by atoms with Crippen LogP contribution >= 0.6 is 0 Å². The molecule has 188 valence electrons. The van der Waals surface area contributed by atoms with E-state index in [-0.39, 0.29) is 24.9 Å². The fraction of sp³-hybridized carbons (Fsp3) is 0.913. The Morgan fingerprint density at radius 1 is 0.758 bits per heavy atom. The monoisotopic (exact) mass is 472 g/mol. The van der Waals surface area contributed by atoms with Crippen LogP contribution < -0.4 is 0 Å². The van der Waals surface area contributed by atoms with Gasteiger partial charge in [0, 0.05) is 0 Å². The molecule has 0 aromatic rings. The third-order valence-corrected chi connectivity index (χ3v) is 6.37. The standard InChI is InChI=1S/C23H36O10/c1-8-9-24-14-12(27-19-17(14)30-22(4,5)32-19)10-25-16-15(13-11-26-21(2,3)29-13)28-20-18(16)31-23(6,7)33-20/h8,12-20H,1,9-11H2,2-7H3/t12-,13-,14-,15-,16-,17-,18-,19-,20-/m1/s1. The minimum absolute atomic E-state index is 0.233. The van der Waals surface area contributed by atoms with E-state index < -0.39 is 54.4 Å². The van der Waals surface area contributed by atoms with Crippen LogP contribution in [0.3, 0.4) is 0 Å². The third kappa shape index (κ3) is 4.75. The van der Waals surface area contributed by atoms with E-state index in [1.165, 1.54) is 0 Å². The second kappa shape index (κ2) is 8.48. The Hall–Kier alpha value is -0.660. The highest BCUT2D eigenvalue weighted by atomic mass is 16.9. The van der Waals surface area contributed by atoms with E-state index in [0.717, 1.165) is 0 Å². The molecule has 0 N–H and O–H groups in total. The molecule has 0 bridgehead atoms. The minimum Gasteiger partial charge on any atom is -0.370 e. The van der Waals surface area contributed by atoms with Crippen LogP contribution in [0.5, 0.6) is 0 Å². The molecule has 5 rings (SSSR count). The molecule has 0 aliphatic carbocycles. The van der Waals surface area contributed by atoms with E-state index in [1.54, 1.807) is 6.08 Å². The van der Waals surface area contributed by atoms with Crippen LogP contribution in [0.1, 0.15) is 41.5 Å². The maximum absolute atomic E-state index is 6.41. The molecule has 9 atom stereocenters. The maximum Gasteiger partial charge on any atom is 0.190 e. The van der Waals surface area contributed by atoms with E-state index in [4.69, 9.17) is 47.4 Å². The highest BCUT2D eigenvalue weighted by Gasteiger charge is 2.60. The van der Waals surface area contributed by atoms with E-state index in [0.29, 0.717) is 13.2 Å². The molecular weight excluding hydrogens is 436 g/mol. The van der Waals surface area contributed by atoms with Crippen molar-refractivity contribution in [2.45, 2.75) is 114 Å². The number of hydrogen-bond donors (Lipinski definition) is 0. The van der Waals surface area contributed by atoms with Crippen molar-refractivity contribution in [1.82, 2.24) is 0 Å². The normalized spacial score (nSPS) is 47.0. The second-order valence-electron chi connectivity index (χ2n) is 10.5. The van der Waals surface area contributed by atoms with Crippen molar-refractivity contribution in [3.8, 4) is 0 Å². The minimum atomic E-state index is -0.766. The first kappa shape index (κ1) is 24.1. The van der Waals surface area contributed by atoms with Gasteiger partial charge in [-0.05, 0) is 41.5 Å². The average Bonchev–Trinajstić information content (AvgIpc) is 3.44. The summed E-state index contributed by atoms with van der Waals surface area (Å²) >= 11 is 0. The van der Waals surface area contributed by atoms with Crippen LogP contribution in [0.25, 0.3) is 0 Å². The molecule has 33 heavy (non-hydrogen) atoms. The van der Waals surface area contributed by atoms with Gasteiger partial charge in [-0.3, -0.25) is 0 Å². The molecule has 0 aromatic carbocycles. The third-order valence-electron chi connectivity index (χ3n) is 6.37. The summed E-state index contributed by atoms with van der Waals surface area (Å²) in [6.07, 6.45) is -2.07. The maximum atomic E-state index is 6.41. The fourth-order valence-electron chi connectivity index (χ4n) is 5.14. The van der Waals surface area contributed by atoms with Crippen LogP contribution in [0.15, 0.2) is 12.7 Å². The van der Waals surface area contributed by atoms with E-state index in [1.807, 2.05) is 41.5 Å². The summed E-state index contributed by atoms with van der Waals surface area (Å²) in [5.74, 6) is -2.19. The zero-order valence-corrected chi connectivity index (χ0v) is 20.2. The van der Waals surface area contributed by atoms with Crippen LogP contribution in [0.2, 0.25) is 0 Å². The Balaban J connectivity index is 1.29. The second-order valence-corrected chi connectivity index (χ2v) is 10.5. The van der Waals surface area contributed by atoms with E-state index in [2.05, 4.69) is 6.58 Å². The average molecular weight is 473 g/mol. The van der Waals surface area contributed by atoms with Gasteiger partial charge in [-0.25, -0.2) is 0 Å². The van der Waals surface area contributed by atoms with Crippen LogP contribution in [0.4, 0.5) is 0 Å². The molecule has 5 heterocycles. The molecule has 0 saturated carbocycles. The molecule has 0 amide bonds. The van der Waals surface area contributed by atoms with Crippen molar-refractivity contribution in [3.63, 3.8) is 0 Å². The molecule has 0 radical (unpaired) electrons. The summed E-state index contributed by atoms with van der Waals surface area (Å²) < 4.78 is 60.6. The topological polar surface area (TPSA) is 92.3 Å². The zero-order chi connectivity index (χ0) is 23.6. The fourth-order valence-corrected chi connectivity index (χ4v) is 5.14. The molecule has 0 spiro atoms. The highest BCUT2D eigenvalue weighted by Crippen LogP contribution is 2.43. The lowest BCUT2D eigenvalue weighted by molar-refractivity contribution is -0.244. The molecule has 5 aliphatic rings. The number of ether oxygens (including phenoxy) is 10. The largest absolute Gasteiger partial charge is 0.370 e.